The number of anilines is 1. The fourth-order valence-corrected chi connectivity index (χ4v) is 3.64. The van der Waals surface area contributed by atoms with Gasteiger partial charge in [-0.15, -0.1) is 6.42 Å². The molecular formula is C22H19NO4. The van der Waals surface area contributed by atoms with Crippen LogP contribution in [0.4, 0.5) is 5.69 Å². The molecule has 27 heavy (non-hydrogen) atoms. The van der Waals surface area contributed by atoms with Crippen molar-refractivity contribution in [2.45, 2.75) is 36.9 Å². The average molecular weight is 361 g/mol. The molecule has 2 N–H and O–H groups in total. The number of aliphatic hydroxyl groups is 1. The summed E-state index contributed by atoms with van der Waals surface area (Å²) in [5.74, 6) is 1.27. The molecule has 1 atom stereocenters. The van der Waals surface area contributed by atoms with Gasteiger partial charge in [-0.25, -0.2) is 4.79 Å². The van der Waals surface area contributed by atoms with E-state index < -0.39 is 11.5 Å². The lowest BCUT2D eigenvalue weighted by atomic mass is 9.83. The zero-order chi connectivity index (χ0) is 19.1. The van der Waals surface area contributed by atoms with E-state index in [9.17, 15) is 14.7 Å². The predicted octanol–water partition coefficient (Wildman–Crippen LogP) is 2.78. The van der Waals surface area contributed by atoms with Crippen LogP contribution in [0.2, 0.25) is 0 Å². The number of ether oxygens (including phenoxy) is 1. The van der Waals surface area contributed by atoms with E-state index in [2.05, 4.69) is 11.2 Å². The number of carbonyl (C=O) groups excluding carboxylic acids is 2. The molecule has 5 nitrogen and oxygen atoms in total. The Labute approximate surface area is 157 Å². The zero-order valence-electron chi connectivity index (χ0n) is 14.7. The Morgan fingerprint density at radius 3 is 2.67 bits per heavy atom. The second-order valence-electron chi connectivity index (χ2n) is 7.23. The van der Waals surface area contributed by atoms with E-state index in [0.29, 0.717) is 16.8 Å². The van der Waals surface area contributed by atoms with E-state index in [1.165, 1.54) is 0 Å². The Morgan fingerprint density at radius 1 is 1.26 bits per heavy atom. The van der Waals surface area contributed by atoms with Crippen LogP contribution >= 0.6 is 0 Å². The Balaban J connectivity index is 1.53. The van der Waals surface area contributed by atoms with Crippen LogP contribution in [0, 0.1) is 12.3 Å². The number of esters is 1. The molecule has 2 aromatic carbocycles. The number of carbonyl (C=O) groups is 2. The molecule has 1 fully saturated rings. The largest absolute Gasteiger partial charge is 0.457 e. The third-order valence-corrected chi connectivity index (χ3v) is 5.39. The second-order valence-corrected chi connectivity index (χ2v) is 7.23. The number of terminal acetylenes is 1. The minimum Gasteiger partial charge on any atom is -0.457 e. The lowest BCUT2D eigenvalue weighted by Gasteiger charge is -2.27. The van der Waals surface area contributed by atoms with Gasteiger partial charge in [0, 0.05) is 17.7 Å². The highest BCUT2D eigenvalue weighted by molar-refractivity contribution is 6.00. The van der Waals surface area contributed by atoms with Crippen molar-refractivity contribution in [2.24, 2.45) is 0 Å². The van der Waals surface area contributed by atoms with E-state index in [1.807, 2.05) is 30.3 Å². The Bertz CT molecular complexity index is 956. The van der Waals surface area contributed by atoms with E-state index in [-0.39, 0.29) is 24.4 Å². The van der Waals surface area contributed by atoms with Gasteiger partial charge >= 0.3 is 5.97 Å². The molecule has 1 heterocycles. The molecule has 0 aromatic heterocycles. The first-order chi connectivity index (χ1) is 13.0. The van der Waals surface area contributed by atoms with Crippen molar-refractivity contribution in [2.75, 3.05) is 5.32 Å². The molecule has 0 bridgehead atoms. The summed E-state index contributed by atoms with van der Waals surface area (Å²) in [4.78, 5) is 24.3. The molecule has 0 radical (unpaired) electrons. The third kappa shape index (κ3) is 3.09. The van der Waals surface area contributed by atoms with E-state index >= 15 is 0 Å². The molecule has 2 aliphatic rings. The fraction of sp³-hybridized carbons (Fsp3) is 0.273. The van der Waals surface area contributed by atoms with E-state index in [4.69, 9.17) is 11.2 Å². The molecule has 136 valence electrons. The standard InChI is InChI=1S/C22H19NO4/c1-2-22(26,14-21(10-11-21)16-6-4-3-5-7-16)20(25)23-17-8-9-18-15(12-17)13-27-19(18)24/h1,3-9,12,26H,10-11,13-14H2,(H,23,25). The number of hydrogen-bond acceptors (Lipinski definition) is 4. The van der Waals surface area contributed by atoms with Crippen molar-refractivity contribution >= 4 is 17.6 Å². The molecule has 1 aliphatic heterocycles. The van der Waals surface area contributed by atoms with E-state index in [1.54, 1.807) is 18.2 Å². The van der Waals surface area contributed by atoms with Crippen LogP contribution in [-0.2, 0) is 21.6 Å². The molecule has 5 heteroatoms. The molecule has 1 unspecified atom stereocenters. The maximum Gasteiger partial charge on any atom is 0.338 e. The van der Waals surface area contributed by atoms with Gasteiger partial charge in [0.25, 0.3) is 5.91 Å². The summed E-state index contributed by atoms with van der Waals surface area (Å²) in [5.41, 5.74) is 0.552. The summed E-state index contributed by atoms with van der Waals surface area (Å²) in [6, 6.07) is 14.7. The van der Waals surface area contributed by atoms with Crippen LogP contribution in [0.1, 0.15) is 40.7 Å². The van der Waals surface area contributed by atoms with Crippen molar-refractivity contribution in [3.05, 3.63) is 65.2 Å². The van der Waals surface area contributed by atoms with Gasteiger partial charge in [-0.3, -0.25) is 4.79 Å². The third-order valence-electron chi connectivity index (χ3n) is 5.39. The first-order valence-electron chi connectivity index (χ1n) is 8.83. The molecule has 2 aromatic rings. The summed E-state index contributed by atoms with van der Waals surface area (Å²) in [5, 5.41) is 13.6. The second kappa shape index (κ2) is 6.26. The number of fused-ring (bicyclic) bond motifs is 1. The van der Waals surface area contributed by atoms with Crippen LogP contribution in [-0.4, -0.2) is 22.6 Å². The molecule has 4 rings (SSSR count). The van der Waals surface area contributed by atoms with Crippen LogP contribution in [0.5, 0.6) is 0 Å². The van der Waals surface area contributed by atoms with E-state index in [0.717, 1.165) is 18.4 Å². The molecule has 0 saturated heterocycles. The first-order valence-corrected chi connectivity index (χ1v) is 8.83. The highest BCUT2D eigenvalue weighted by Gasteiger charge is 2.52. The molecule has 0 spiro atoms. The highest BCUT2D eigenvalue weighted by Crippen LogP contribution is 2.53. The van der Waals surface area contributed by atoms with Gasteiger partial charge in [-0.05, 0) is 42.0 Å². The van der Waals surface area contributed by atoms with Crippen molar-refractivity contribution in [3.63, 3.8) is 0 Å². The van der Waals surface area contributed by atoms with Crippen LogP contribution in [0.25, 0.3) is 0 Å². The molecule has 1 amide bonds. The normalized spacial score (nSPS) is 18.6. The minimum absolute atomic E-state index is 0.166. The average Bonchev–Trinajstić information content (AvgIpc) is 3.38. The molecule has 1 saturated carbocycles. The van der Waals surface area contributed by atoms with Gasteiger partial charge in [-0.2, -0.15) is 0 Å². The van der Waals surface area contributed by atoms with Gasteiger partial charge in [0.1, 0.15) is 6.61 Å². The van der Waals surface area contributed by atoms with Crippen molar-refractivity contribution in [1.29, 1.82) is 0 Å². The van der Waals surface area contributed by atoms with Gasteiger partial charge in [0.05, 0.1) is 5.56 Å². The summed E-state index contributed by atoms with van der Waals surface area (Å²) < 4.78 is 4.96. The van der Waals surface area contributed by atoms with Gasteiger partial charge in [0.2, 0.25) is 5.60 Å². The zero-order valence-corrected chi connectivity index (χ0v) is 14.7. The Kier molecular flexibility index (Phi) is 4.01. The first kappa shape index (κ1) is 17.3. The number of nitrogens with one attached hydrogen (secondary N) is 1. The molecule has 1 aliphatic carbocycles. The summed E-state index contributed by atoms with van der Waals surface area (Å²) in [7, 11) is 0. The Hall–Kier alpha value is -3.10. The van der Waals surface area contributed by atoms with Gasteiger partial charge in [0.15, 0.2) is 0 Å². The van der Waals surface area contributed by atoms with Crippen LogP contribution in [0.3, 0.4) is 0 Å². The minimum atomic E-state index is -1.92. The van der Waals surface area contributed by atoms with Crippen LogP contribution in [0.15, 0.2) is 48.5 Å². The predicted molar refractivity (Wildman–Crippen MR) is 99.9 cm³/mol. The molecular weight excluding hydrogens is 342 g/mol. The van der Waals surface area contributed by atoms with Crippen molar-refractivity contribution in [1.82, 2.24) is 0 Å². The maximum atomic E-state index is 12.8. The number of cyclic esters (lactones) is 1. The number of hydrogen-bond donors (Lipinski definition) is 2. The topological polar surface area (TPSA) is 75.6 Å². The SMILES string of the molecule is C#CC(O)(CC1(c2ccccc2)CC1)C(=O)Nc1ccc2c(c1)COC2=O. The van der Waals surface area contributed by atoms with Crippen molar-refractivity contribution in [3.8, 4) is 12.3 Å². The summed E-state index contributed by atoms with van der Waals surface area (Å²) >= 11 is 0. The fourth-order valence-electron chi connectivity index (χ4n) is 3.64. The van der Waals surface area contributed by atoms with Gasteiger partial charge < -0.3 is 15.2 Å². The number of rotatable bonds is 5. The Morgan fingerprint density at radius 2 is 2.00 bits per heavy atom. The summed E-state index contributed by atoms with van der Waals surface area (Å²) in [6.07, 6.45) is 7.49. The number of amides is 1. The highest BCUT2D eigenvalue weighted by atomic mass is 16.5. The maximum absolute atomic E-state index is 12.8. The van der Waals surface area contributed by atoms with Gasteiger partial charge in [-0.1, -0.05) is 36.3 Å². The number of benzene rings is 2. The lowest BCUT2D eigenvalue weighted by molar-refractivity contribution is -0.129. The quantitative estimate of drug-likeness (QED) is 0.634. The monoisotopic (exact) mass is 361 g/mol. The summed E-state index contributed by atoms with van der Waals surface area (Å²) in [6.45, 7) is 0.175. The lowest BCUT2D eigenvalue weighted by Crippen LogP contribution is -2.44. The van der Waals surface area contributed by atoms with Crippen LogP contribution < -0.4 is 5.32 Å². The smallest absolute Gasteiger partial charge is 0.338 e. The van der Waals surface area contributed by atoms with Crippen molar-refractivity contribution < 1.29 is 19.4 Å².